The summed E-state index contributed by atoms with van der Waals surface area (Å²) < 4.78 is 0. The number of imide groups is 1. The third-order valence-electron chi connectivity index (χ3n) is 5.69. The van der Waals surface area contributed by atoms with Crippen LogP contribution in [0, 0.1) is 11.3 Å². The van der Waals surface area contributed by atoms with Gasteiger partial charge in [0.2, 0.25) is 5.91 Å². The molecule has 3 aliphatic rings. The molecule has 1 aliphatic heterocycles. The summed E-state index contributed by atoms with van der Waals surface area (Å²) >= 11 is 1.38. The Hall–Kier alpha value is -1.96. The zero-order chi connectivity index (χ0) is 19.4. The van der Waals surface area contributed by atoms with Crippen LogP contribution < -0.4 is 10.6 Å². The fourth-order valence-corrected chi connectivity index (χ4v) is 5.67. The van der Waals surface area contributed by atoms with Crippen LogP contribution in [0.3, 0.4) is 0 Å². The number of carbonyl (C=O) groups is 3. The number of hydrogen-bond donors (Lipinski definition) is 2. The Balaban J connectivity index is 1.43. The predicted molar refractivity (Wildman–Crippen MR) is 102 cm³/mol. The molecule has 1 spiro atoms. The summed E-state index contributed by atoms with van der Waals surface area (Å²) in [5, 5.41) is 8.10. The van der Waals surface area contributed by atoms with Crippen molar-refractivity contribution in [2.75, 3.05) is 11.9 Å². The second-order valence-corrected chi connectivity index (χ2v) is 10.0. The Bertz CT molecular complexity index is 801. The Morgan fingerprint density at radius 3 is 2.78 bits per heavy atom. The molecule has 7 nitrogen and oxygen atoms in total. The minimum absolute atomic E-state index is 0.0288. The summed E-state index contributed by atoms with van der Waals surface area (Å²) in [5.41, 5.74) is 0.111. The minimum Gasteiger partial charge on any atom is -0.323 e. The summed E-state index contributed by atoms with van der Waals surface area (Å²) in [4.78, 5) is 43.4. The Morgan fingerprint density at radius 2 is 2.11 bits per heavy atom. The number of amides is 4. The molecule has 2 heterocycles. The van der Waals surface area contributed by atoms with Gasteiger partial charge in [-0.3, -0.25) is 14.5 Å². The number of urea groups is 1. The standard InChI is InChI=1S/C19H26N4O3S/c1-11-6-18(2,3)10-19(7-11)15(25)23(17(26)22-19)8-14(24)21-16-20-13(9-27-16)12-4-5-12/h9,11-12H,4-8,10H2,1-3H3,(H,22,26)(H,20,21,24). The van der Waals surface area contributed by atoms with Crippen molar-refractivity contribution < 1.29 is 14.4 Å². The van der Waals surface area contributed by atoms with Gasteiger partial charge in [-0.1, -0.05) is 20.8 Å². The third-order valence-corrected chi connectivity index (χ3v) is 6.47. The maximum absolute atomic E-state index is 13.1. The van der Waals surface area contributed by atoms with E-state index in [9.17, 15) is 14.4 Å². The van der Waals surface area contributed by atoms with Crippen molar-refractivity contribution >= 4 is 34.3 Å². The highest BCUT2D eigenvalue weighted by Crippen LogP contribution is 2.46. The molecule has 4 rings (SSSR count). The van der Waals surface area contributed by atoms with Crippen molar-refractivity contribution in [2.24, 2.45) is 11.3 Å². The van der Waals surface area contributed by atoms with Gasteiger partial charge in [0.15, 0.2) is 5.13 Å². The molecule has 4 amide bonds. The van der Waals surface area contributed by atoms with E-state index in [1.165, 1.54) is 11.3 Å². The van der Waals surface area contributed by atoms with E-state index in [1.54, 1.807) is 0 Å². The molecule has 2 saturated carbocycles. The average Bonchev–Trinajstić information content (AvgIpc) is 3.25. The number of nitrogens with one attached hydrogen (secondary N) is 2. The maximum Gasteiger partial charge on any atom is 0.325 e. The van der Waals surface area contributed by atoms with E-state index in [2.05, 4.69) is 36.4 Å². The highest BCUT2D eigenvalue weighted by atomic mass is 32.1. The van der Waals surface area contributed by atoms with Crippen molar-refractivity contribution in [1.29, 1.82) is 0 Å². The molecule has 2 aliphatic carbocycles. The van der Waals surface area contributed by atoms with Gasteiger partial charge in [-0.15, -0.1) is 11.3 Å². The molecule has 0 radical (unpaired) electrons. The number of nitrogens with zero attached hydrogens (tertiary/aromatic N) is 2. The Labute approximate surface area is 162 Å². The number of thiazole rings is 1. The molecule has 0 bridgehead atoms. The zero-order valence-corrected chi connectivity index (χ0v) is 16.8. The summed E-state index contributed by atoms with van der Waals surface area (Å²) in [7, 11) is 0. The van der Waals surface area contributed by atoms with Crippen LogP contribution in [0.15, 0.2) is 5.38 Å². The van der Waals surface area contributed by atoms with Crippen molar-refractivity contribution in [3.05, 3.63) is 11.1 Å². The van der Waals surface area contributed by atoms with Crippen LogP contribution in [0.5, 0.6) is 0 Å². The van der Waals surface area contributed by atoms with Crippen molar-refractivity contribution in [3.8, 4) is 0 Å². The molecule has 146 valence electrons. The number of hydrogen-bond acceptors (Lipinski definition) is 5. The van der Waals surface area contributed by atoms with E-state index < -0.39 is 17.5 Å². The maximum atomic E-state index is 13.1. The second kappa shape index (κ2) is 6.29. The molecule has 2 N–H and O–H groups in total. The van der Waals surface area contributed by atoms with Gasteiger partial charge in [-0.25, -0.2) is 9.78 Å². The van der Waals surface area contributed by atoms with Crippen molar-refractivity contribution in [1.82, 2.24) is 15.2 Å². The molecule has 1 saturated heterocycles. The number of carbonyl (C=O) groups excluding carboxylic acids is 3. The topological polar surface area (TPSA) is 91.4 Å². The highest BCUT2D eigenvalue weighted by molar-refractivity contribution is 7.13. The number of aromatic nitrogens is 1. The number of rotatable bonds is 4. The lowest BCUT2D eigenvalue weighted by atomic mass is 9.64. The van der Waals surface area contributed by atoms with Gasteiger partial charge in [-0.05, 0) is 43.4 Å². The predicted octanol–water partition coefficient (Wildman–Crippen LogP) is 3.10. The molecule has 3 fully saturated rings. The molecular weight excluding hydrogens is 364 g/mol. The summed E-state index contributed by atoms with van der Waals surface area (Å²) in [6, 6.07) is -0.474. The lowest BCUT2D eigenvalue weighted by molar-refractivity contribution is -0.136. The van der Waals surface area contributed by atoms with Crippen molar-refractivity contribution in [3.63, 3.8) is 0 Å². The van der Waals surface area contributed by atoms with E-state index in [-0.39, 0.29) is 17.9 Å². The van der Waals surface area contributed by atoms with Gasteiger partial charge < -0.3 is 10.6 Å². The van der Waals surface area contributed by atoms with E-state index in [1.807, 2.05) is 5.38 Å². The molecule has 8 heteroatoms. The normalized spacial score (nSPS) is 29.9. The van der Waals surface area contributed by atoms with Crippen LogP contribution in [0.1, 0.15) is 64.5 Å². The fraction of sp³-hybridized carbons (Fsp3) is 0.684. The lowest BCUT2D eigenvalue weighted by Crippen LogP contribution is -2.54. The quantitative estimate of drug-likeness (QED) is 0.773. The van der Waals surface area contributed by atoms with Crippen LogP contribution in [0.2, 0.25) is 0 Å². The number of anilines is 1. The smallest absolute Gasteiger partial charge is 0.323 e. The molecule has 1 aromatic heterocycles. The van der Waals surface area contributed by atoms with Gasteiger partial charge in [0.25, 0.3) is 5.91 Å². The highest BCUT2D eigenvalue weighted by Gasteiger charge is 2.56. The fourth-order valence-electron chi connectivity index (χ4n) is 4.86. The van der Waals surface area contributed by atoms with Gasteiger partial charge in [0.1, 0.15) is 12.1 Å². The summed E-state index contributed by atoms with van der Waals surface area (Å²) in [6.07, 6.45) is 4.54. The average molecular weight is 391 g/mol. The minimum atomic E-state index is -0.876. The Kier molecular flexibility index (Phi) is 4.29. The second-order valence-electron chi connectivity index (χ2n) is 9.16. The van der Waals surface area contributed by atoms with Gasteiger partial charge in [-0.2, -0.15) is 0 Å². The summed E-state index contributed by atoms with van der Waals surface area (Å²) in [5.74, 6) is 0.188. The first-order valence-electron chi connectivity index (χ1n) is 9.57. The molecule has 0 aromatic carbocycles. The third kappa shape index (κ3) is 3.59. The van der Waals surface area contributed by atoms with Crippen LogP contribution in [0.4, 0.5) is 9.93 Å². The van der Waals surface area contributed by atoms with Gasteiger partial charge in [0, 0.05) is 11.3 Å². The van der Waals surface area contributed by atoms with E-state index >= 15 is 0 Å². The zero-order valence-electron chi connectivity index (χ0n) is 16.0. The van der Waals surface area contributed by atoms with E-state index in [0.717, 1.165) is 29.9 Å². The monoisotopic (exact) mass is 390 g/mol. The SMILES string of the molecule is CC1CC(C)(C)CC2(C1)NC(=O)N(CC(=O)Nc1nc(C3CC3)cs1)C2=O. The van der Waals surface area contributed by atoms with Crippen molar-refractivity contribution in [2.45, 2.75) is 64.3 Å². The molecule has 27 heavy (non-hydrogen) atoms. The lowest BCUT2D eigenvalue weighted by Gasteiger charge is -2.43. The molecule has 1 aromatic rings. The summed E-state index contributed by atoms with van der Waals surface area (Å²) in [6.45, 7) is 6.08. The molecule has 2 unspecified atom stereocenters. The molecule has 2 atom stereocenters. The first-order valence-corrected chi connectivity index (χ1v) is 10.4. The first kappa shape index (κ1) is 18.4. The Morgan fingerprint density at radius 1 is 1.37 bits per heavy atom. The van der Waals surface area contributed by atoms with Crippen LogP contribution in [0.25, 0.3) is 0 Å². The largest absolute Gasteiger partial charge is 0.325 e. The van der Waals surface area contributed by atoms with E-state index in [0.29, 0.717) is 29.8 Å². The van der Waals surface area contributed by atoms with Gasteiger partial charge in [0.05, 0.1) is 5.69 Å². The van der Waals surface area contributed by atoms with E-state index in [4.69, 9.17) is 0 Å². The molecular formula is C19H26N4O3S. The van der Waals surface area contributed by atoms with Crippen LogP contribution >= 0.6 is 11.3 Å². The van der Waals surface area contributed by atoms with Crippen LogP contribution in [-0.2, 0) is 9.59 Å². The van der Waals surface area contributed by atoms with Crippen LogP contribution in [-0.4, -0.2) is 39.8 Å². The first-order chi connectivity index (χ1) is 12.7. The van der Waals surface area contributed by atoms with Gasteiger partial charge >= 0.3 is 6.03 Å².